The molecule has 0 heterocycles. The summed E-state index contributed by atoms with van der Waals surface area (Å²) in [6.07, 6.45) is 4.88. The number of phenolic OH excluding ortho intramolecular Hbond substituents is 1. The van der Waals surface area contributed by atoms with Gasteiger partial charge in [-0.15, -0.1) is 0 Å². The minimum atomic E-state index is -0.161. The summed E-state index contributed by atoms with van der Waals surface area (Å²) in [5.74, 6) is 0.286. The molecule has 3 heteroatoms. The van der Waals surface area contributed by atoms with Gasteiger partial charge in [-0.1, -0.05) is 53.7 Å². The van der Waals surface area contributed by atoms with E-state index in [1.54, 1.807) is 0 Å². The fourth-order valence-electron chi connectivity index (χ4n) is 3.50. The number of aryl methyl sites for hydroxylation is 1. The molecule has 1 N–H and O–H groups in total. The maximum absolute atomic E-state index is 11.8. The van der Waals surface area contributed by atoms with Crippen LogP contribution in [0.25, 0.3) is 0 Å². The number of hydrogen-bond donors (Lipinski definition) is 1. The van der Waals surface area contributed by atoms with Crippen LogP contribution < -0.4 is 0 Å². The van der Waals surface area contributed by atoms with Crippen molar-refractivity contribution < 1.29 is 14.6 Å². The number of carbonyl (C=O) groups is 1. The van der Waals surface area contributed by atoms with E-state index < -0.39 is 0 Å². The summed E-state index contributed by atoms with van der Waals surface area (Å²) in [6.45, 7) is 15.4. The average Bonchev–Trinajstić information content (AvgIpc) is 2.66. The van der Waals surface area contributed by atoms with Crippen LogP contribution in [0.3, 0.4) is 0 Å². The summed E-state index contributed by atoms with van der Waals surface area (Å²) in [7, 11) is 0. The van der Waals surface area contributed by atoms with E-state index in [-0.39, 0.29) is 16.8 Å². The predicted octanol–water partition coefficient (Wildman–Crippen LogP) is 6.04. The standard InChI is InChI=1S/C23H38O3/c1-8-22(6,9-2)18-15-17(13-14-20(24)26-12-5)16-19(21(18)25)23(7,10-3)11-4/h15-16,25H,8-14H2,1-7H3. The van der Waals surface area contributed by atoms with E-state index in [2.05, 4.69) is 53.7 Å². The molecule has 0 spiro atoms. The topological polar surface area (TPSA) is 46.5 Å². The Balaban J connectivity index is 3.46. The van der Waals surface area contributed by atoms with Gasteiger partial charge in [0.1, 0.15) is 5.75 Å². The highest BCUT2D eigenvalue weighted by Gasteiger charge is 2.32. The molecule has 0 unspecified atom stereocenters. The lowest BCUT2D eigenvalue weighted by Gasteiger charge is -2.34. The zero-order valence-corrected chi connectivity index (χ0v) is 17.9. The highest BCUT2D eigenvalue weighted by molar-refractivity contribution is 5.69. The first-order chi connectivity index (χ1) is 12.2. The molecule has 0 aliphatic rings. The van der Waals surface area contributed by atoms with Gasteiger partial charge in [0.25, 0.3) is 0 Å². The Morgan fingerprint density at radius 3 is 1.69 bits per heavy atom. The van der Waals surface area contributed by atoms with Crippen molar-refractivity contribution >= 4 is 5.97 Å². The molecule has 0 aliphatic carbocycles. The van der Waals surface area contributed by atoms with Gasteiger partial charge < -0.3 is 9.84 Å². The highest BCUT2D eigenvalue weighted by Crippen LogP contribution is 2.45. The van der Waals surface area contributed by atoms with Crippen LogP contribution in [0.1, 0.15) is 97.3 Å². The number of ether oxygens (including phenoxy) is 1. The summed E-state index contributed by atoms with van der Waals surface area (Å²) >= 11 is 0. The highest BCUT2D eigenvalue weighted by atomic mass is 16.5. The first-order valence-corrected chi connectivity index (χ1v) is 10.2. The maximum atomic E-state index is 11.8. The second kappa shape index (κ2) is 9.43. The molecule has 0 atom stereocenters. The van der Waals surface area contributed by atoms with E-state index >= 15 is 0 Å². The Hall–Kier alpha value is -1.51. The fourth-order valence-corrected chi connectivity index (χ4v) is 3.50. The molecule has 0 radical (unpaired) electrons. The number of phenols is 1. The molecule has 0 fully saturated rings. The van der Waals surface area contributed by atoms with Crippen molar-refractivity contribution in [2.24, 2.45) is 0 Å². The van der Waals surface area contributed by atoms with E-state index in [9.17, 15) is 9.90 Å². The van der Waals surface area contributed by atoms with Gasteiger partial charge in [-0.2, -0.15) is 0 Å². The van der Waals surface area contributed by atoms with E-state index in [0.717, 1.165) is 42.4 Å². The van der Waals surface area contributed by atoms with Crippen LogP contribution in [-0.4, -0.2) is 17.7 Å². The Morgan fingerprint density at radius 1 is 0.923 bits per heavy atom. The second-order valence-electron chi connectivity index (χ2n) is 7.88. The summed E-state index contributed by atoms with van der Waals surface area (Å²) in [5.41, 5.74) is 3.02. The Kier molecular flexibility index (Phi) is 8.17. The molecule has 1 aromatic carbocycles. The Labute approximate surface area is 160 Å². The van der Waals surface area contributed by atoms with E-state index in [0.29, 0.717) is 25.2 Å². The van der Waals surface area contributed by atoms with Crippen molar-refractivity contribution in [3.8, 4) is 5.75 Å². The minimum absolute atomic E-state index is 0.0683. The number of carbonyl (C=O) groups excluding carboxylic acids is 1. The van der Waals surface area contributed by atoms with Crippen LogP contribution in [-0.2, 0) is 26.8 Å². The van der Waals surface area contributed by atoms with Crippen LogP contribution in [0.15, 0.2) is 12.1 Å². The van der Waals surface area contributed by atoms with Crippen LogP contribution in [0.2, 0.25) is 0 Å². The van der Waals surface area contributed by atoms with Crippen LogP contribution in [0.4, 0.5) is 0 Å². The van der Waals surface area contributed by atoms with Gasteiger partial charge in [0, 0.05) is 17.5 Å². The van der Waals surface area contributed by atoms with Crippen molar-refractivity contribution in [3.63, 3.8) is 0 Å². The molecule has 0 bridgehead atoms. The van der Waals surface area contributed by atoms with Crippen LogP contribution in [0.5, 0.6) is 5.75 Å². The number of aromatic hydroxyl groups is 1. The smallest absolute Gasteiger partial charge is 0.306 e. The third-order valence-corrected chi connectivity index (χ3v) is 6.51. The van der Waals surface area contributed by atoms with Crippen molar-refractivity contribution in [3.05, 3.63) is 28.8 Å². The molecular formula is C23H38O3. The zero-order valence-electron chi connectivity index (χ0n) is 17.9. The third-order valence-electron chi connectivity index (χ3n) is 6.51. The lowest BCUT2D eigenvalue weighted by atomic mass is 9.71. The summed E-state index contributed by atoms with van der Waals surface area (Å²) < 4.78 is 5.08. The molecule has 0 saturated carbocycles. The van der Waals surface area contributed by atoms with Crippen molar-refractivity contribution in [2.75, 3.05) is 6.61 Å². The molecule has 1 aromatic rings. The molecule has 0 amide bonds. The Morgan fingerprint density at radius 2 is 1.35 bits per heavy atom. The summed E-state index contributed by atoms with van der Waals surface area (Å²) in [6, 6.07) is 4.22. The van der Waals surface area contributed by atoms with Gasteiger partial charge in [0.2, 0.25) is 0 Å². The minimum Gasteiger partial charge on any atom is -0.507 e. The zero-order chi connectivity index (χ0) is 20.0. The lowest BCUT2D eigenvalue weighted by Crippen LogP contribution is -2.25. The van der Waals surface area contributed by atoms with Gasteiger partial charge in [-0.05, 0) is 55.4 Å². The quantitative estimate of drug-likeness (QED) is 0.516. The number of esters is 1. The average molecular weight is 363 g/mol. The molecule has 26 heavy (non-hydrogen) atoms. The molecular weight excluding hydrogens is 324 g/mol. The van der Waals surface area contributed by atoms with E-state index in [1.807, 2.05) is 6.92 Å². The van der Waals surface area contributed by atoms with Crippen molar-refractivity contribution in [1.82, 2.24) is 0 Å². The lowest BCUT2D eigenvalue weighted by molar-refractivity contribution is -0.143. The Bertz CT molecular complexity index is 556. The first kappa shape index (κ1) is 22.5. The molecule has 1 rings (SSSR count). The van der Waals surface area contributed by atoms with Crippen LogP contribution >= 0.6 is 0 Å². The summed E-state index contributed by atoms with van der Waals surface area (Å²) in [4.78, 5) is 11.8. The molecule has 3 nitrogen and oxygen atoms in total. The van der Waals surface area contributed by atoms with Crippen molar-refractivity contribution in [2.45, 2.75) is 97.8 Å². The predicted molar refractivity (Wildman–Crippen MR) is 109 cm³/mol. The van der Waals surface area contributed by atoms with Gasteiger partial charge in [0.15, 0.2) is 0 Å². The van der Waals surface area contributed by atoms with E-state index in [4.69, 9.17) is 4.74 Å². The molecule has 0 aliphatic heterocycles. The van der Waals surface area contributed by atoms with Gasteiger partial charge in [-0.25, -0.2) is 0 Å². The largest absolute Gasteiger partial charge is 0.507 e. The molecule has 148 valence electrons. The van der Waals surface area contributed by atoms with E-state index in [1.165, 1.54) is 0 Å². The van der Waals surface area contributed by atoms with Crippen LogP contribution in [0, 0.1) is 0 Å². The first-order valence-electron chi connectivity index (χ1n) is 10.2. The van der Waals surface area contributed by atoms with Gasteiger partial charge in [0.05, 0.1) is 6.61 Å². The molecule has 0 aromatic heterocycles. The second-order valence-corrected chi connectivity index (χ2v) is 7.88. The fraction of sp³-hybridized carbons (Fsp3) is 0.696. The number of rotatable bonds is 10. The third kappa shape index (κ3) is 4.81. The van der Waals surface area contributed by atoms with Crippen molar-refractivity contribution in [1.29, 1.82) is 0 Å². The number of benzene rings is 1. The maximum Gasteiger partial charge on any atom is 0.306 e. The van der Waals surface area contributed by atoms with Gasteiger partial charge >= 0.3 is 5.97 Å². The normalized spacial score (nSPS) is 12.3. The van der Waals surface area contributed by atoms with Gasteiger partial charge in [-0.3, -0.25) is 4.79 Å². The monoisotopic (exact) mass is 362 g/mol. The SMILES string of the molecule is CCOC(=O)CCc1cc(C(C)(CC)CC)c(O)c(C(C)(CC)CC)c1. The summed E-state index contributed by atoms with van der Waals surface area (Å²) in [5, 5.41) is 11.2. The number of hydrogen-bond acceptors (Lipinski definition) is 3. The molecule has 0 saturated heterocycles.